The van der Waals surface area contributed by atoms with E-state index in [-0.39, 0.29) is 31.2 Å². The van der Waals surface area contributed by atoms with Gasteiger partial charge < -0.3 is 20.3 Å². The molecule has 0 atom stereocenters. The zero-order valence-electron chi connectivity index (χ0n) is 16.1. The number of halogens is 1. The number of carbonyl (C=O) groups is 2. The first kappa shape index (κ1) is 20.1. The monoisotopic (exact) mass is 425 g/mol. The van der Waals surface area contributed by atoms with E-state index in [0.29, 0.717) is 34.5 Å². The van der Waals surface area contributed by atoms with Crippen LogP contribution >= 0.6 is 11.6 Å². The van der Waals surface area contributed by atoms with Crippen LogP contribution in [-0.2, 0) is 24.3 Å². The number of nitrogens with zero attached hydrogens (tertiary/aromatic N) is 1. The Bertz CT molecular complexity index is 1200. The Hall–Kier alpha value is -3.16. The highest BCUT2D eigenvalue weighted by atomic mass is 35.5. The van der Waals surface area contributed by atoms with Gasteiger partial charge in [0.05, 0.1) is 11.2 Å². The van der Waals surface area contributed by atoms with Gasteiger partial charge in [-0.3, -0.25) is 14.4 Å². The molecule has 3 aromatic rings. The van der Waals surface area contributed by atoms with E-state index < -0.39 is 11.3 Å². The second-order valence-corrected chi connectivity index (χ2v) is 7.66. The van der Waals surface area contributed by atoms with Crippen LogP contribution in [0.3, 0.4) is 0 Å². The van der Waals surface area contributed by atoms with E-state index in [2.05, 4.69) is 10.6 Å². The van der Waals surface area contributed by atoms with Crippen LogP contribution in [0.4, 0.5) is 5.69 Å². The Labute approximate surface area is 177 Å². The SMILES string of the molecule is O=C1Cn2cc(C(=O)NCc3ccc(Cl)cc3)c(=O)c3cc(CCCO)cc(c32)N1. The highest BCUT2D eigenvalue weighted by Crippen LogP contribution is 2.28. The zero-order valence-corrected chi connectivity index (χ0v) is 16.8. The number of carbonyl (C=O) groups excluding carboxylic acids is 2. The molecule has 0 radical (unpaired) electrons. The number of nitrogens with one attached hydrogen (secondary N) is 2. The lowest BCUT2D eigenvalue weighted by molar-refractivity contribution is -0.116. The van der Waals surface area contributed by atoms with E-state index in [9.17, 15) is 14.4 Å². The maximum Gasteiger partial charge on any atom is 0.257 e. The average Bonchev–Trinajstić information content (AvgIpc) is 2.73. The van der Waals surface area contributed by atoms with Crippen LogP contribution < -0.4 is 16.1 Å². The van der Waals surface area contributed by atoms with Crippen LogP contribution in [0, 0.1) is 0 Å². The van der Waals surface area contributed by atoms with Gasteiger partial charge in [0, 0.05) is 29.8 Å². The minimum Gasteiger partial charge on any atom is -0.396 e. The third-order valence-electron chi connectivity index (χ3n) is 5.05. The van der Waals surface area contributed by atoms with Crippen molar-refractivity contribution in [1.82, 2.24) is 9.88 Å². The average molecular weight is 426 g/mol. The smallest absolute Gasteiger partial charge is 0.257 e. The summed E-state index contributed by atoms with van der Waals surface area (Å²) < 4.78 is 1.64. The Kier molecular flexibility index (Phi) is 5.57. The van der Waals surface area contributed by atoms with E-state index in [1.165, 1.54) is 6.20 Å². The fourth-order valence-electron chi connectivity index (χ4n) is 3.63. The molecule has 0 saturated heterocycles. The number of aromatic nitrogens is 1. The molecule has 30 heavy (non-hydrogen) atoms. The van der Waals surface area contributed by atoms with Crippen molar-refractivity contribution in [3.05, 3.63) is 74.5 Å². The number of anilines is 1. The number of pyridine rings is 1. The largest absolute Gasteiger partial charge is 0.396 e. The first-order valence-corrected chi connectivity index (χ1v) is 9.97. The van der Waals surface area contributed by atoms with Gasteiger partial charge >= 0.3 is 0 Å². The number of amides is 2. The van der Waals surface area contributed by atoms with Gasteiger partial charge in [-0.05, 0) is 48.2 Å². The zero-order chi connectivity index (χ0) is 21.3. The lowest BCUT2D eigenvalue weighted by Gasteiger charge is -2.22. The summed E-state index contributed by atoms with van der Waals surface area (Å²) in [6.45, 7) is 0.296. The van der Waals surface area contributed by atoms with Gasteiger partial charge in [-0.1, -0.05) is 23.7 Å². The predicted octanol–water partition coefficient (Wildman–Crippen LogP) is 2.46. The summed E-state index contributed by atoms with van der Waals surface area (Å²) in [5.74, 6) is -0.729. The second-order valence-electron chi connectivity index (χ2n) is 7.22. The first-order valence-electron chi connectivity index (χ1n) is 9.59. The molecule has 4 rings (SSSR count). The van der Waals surface area contributed by atoms with E-state index in [4.69, 9.17) is 16.7 Å². The van der Waals surface area contributed by atoms with E-state index >= 15 is 0 Å². The van der Waals surface area contributed by atoms with Crippen molar-refractivity contribution in [2.75, 3.05) is 11.9 Å². The minimum absolute atomic E-state index is 0.0172. The van der Waals surface area contributed by atoms with Gasteiger partial charge in [0.15, 0.2) is 0 Å². The van der Waals surface area contributed by atoms with Crippen LogP contribution in [0.25, 0.3) is 10.9 Å². The normalized spacial score (nSPS) is 12.7. The molecule has 7 nitrogen and oxygen atoms in total. The van der Waals surface area contributed by atoms with Gasteiger partial charge in [-0.25, -0.2) is 0 Å². The summed E-state index contributed by atoms with van der Waals surface area (Å²) >= 11 is 5.88. The Morgan fingerprint density at radius 2 is 1.93 bits per heavy atom. The summed E-state index contributed by atoms with van der Waals surface area (Å²) in [6, 6.07) is 10.6. The predicted molar refractivity (Wildman–Crippen MR) is 115 cm³/mol. The van der Waals surface area contributed by atoms with Gasteiger partial charge in [-0.2, -0.15) is 0 Å². The fourth-order valence-corrected chi connectivity index (χ4v) is 3.76. The molecule has 8 heteroatoms. The number of aliphatic hydroxyl groups is 1. The summed E-state index contributed by atoms with van der Waals surface area (Å²) in [5, 5.41) is 15.6. The quantitative estimate of drug-likeness (QED) is 0.564. The molecular weight excluding hydrogens is 406 g/mol. The molecule has 2 aromatic carbocycles. The Balaban J connectivity index is 1.72. The van der Waals surface area contributed by atoms with E-state index in [1.54, 1.807) is 34.9 Å². The molecule has 1 aliphatic rings. The molecule has 2 heterocycles. The van der Waals surface area contributed by atoms with Crippen LogP contribution in [-0.4, -0.2) is 28.1 Å². The van der Waals surface area contributed by atoms with Crippen LogP contribution in [0.2, 0.25) is 5.02 Å². The van der Waals surface area contributed by atoms with Gasteiger partial charge in [-0.15, -0.1) is 0 Å². The molecule has 0 fully saturated rings. The third kappa shape index (κ3) is 3.94. The van der Waals surface area contributed by atoms with Crippen molar-refractivity contribution in [3.63, 3.8) is 0 Å². The maximum absolute atomic E-state index is 13.1. The van der Waals surface area contributed by atoms with Crippen molar-refractivity contribution in [1.29, 1.82) is 0 Å². The van der Waals surface area contributed by atoms with Gasteiger partial charge in [0.1, 0.15) is 12.1 Å². The highest BCUT2D eigenvalue weighted by Gasteiger charge is 2.23. The number of benzene rings is 2. The van der Waals surface area contributed by atoms with Crippen molar-refractivity contribution in [2.45, 2.75) is 25.9 Å². The Morgan fingerprint density at radius 1 is 1.17 bits per heavy atom. The summed E-state index contributed by atoms with van der Waals surface area (Å²) in [6.07, 6.45) is 2.54. The maximum atomic E-state index is 13.1. The molecule has 0 saturated carbocycles. The standard InChI is InChI=1S/C22H20ClN3O4/c23-15-5-3-13(4-6-15)10-24-22(30)17-11-26-12-19(28)25-18-9-14(2-1-7-27)8-16(20(18)26)21(17)29/h3-6,8-9,11,27H,1-2,7,10,12H2,(H,24,30)(H,25,28). The number of hydrogen-bond donors (Lipinski definition) is 3. The third-order valence-corrected chi connectivity index (χ3v) is 5.31. The summed E-state index contributed by atoms with van der Waals surface area (Å²) in [5.41, 5.74) is 2.40. The lowest BCUT2D eigenvalue weighted by Crippen LogP contribution is -2.32. The summed E-state index contributed by atoms with van der Waals surface area (Å²) in [4.78, 5) is 38.0. The molecule has 1 aliphatic heterocycles. The molecule has 2 amide bonds. The van der Waals surface area contributed by atoms with Gasteiger partial charge in [0.2, 0.25) is 11.3 Å². The molecule has 3 N–H and O–H groups in total. The van der Waals surface area contributed by atoms with Gasteiger partial charge in [0.25, 0.3) is 5.91 Å². The van der Waals surface area contributed by atoms with Crippen molar-refractivity contribution < 1.29 is 14.7 Å². The molecule has 0 spiro atoms. The molecular formula is C22H20ClN3O4. The van der Waals surface area contributed by atoms with Crippen molar-refractivity contribution >= 4 is 40.0 Å². The molecule has 154 valence electrons. The number of hydrogen-bond acceptors (Lipinski definition) is 4. The number of aliphatic hydroxyl groups excluding tert-OH is 1. The molecule has 1 aromatic heterocycles. The lowest BCUT2D eigenvalue weighted by atomic mass is 10.0. The van der Waals surface area contributed by atoms with E-state index in [0.717, 1.165) is 11.1 Å². The van der Waals surface area contributed by atoms with Crippen molar-refractivity contribution in [2.24, 2.45) is 0 Å². The Morgan fingerprint density at radius 3 is 2.67 bits per heavy atom. The molecule has 0 unspecified atom stereocenters. The van der Waals surface area contributed by atoms with Crippen LogP contribution in [0.5, 0.6) is 0 Å². The number of aryl methyl sites for hydroxylation is 1. The molecule has 0 aliphatic carbocycles. The highest BCUT2D eigenvalue weighted by molar-refractivity contribution is 6.30. The second kappa shape index (κ2) is 8.30. The number of rotatable bonds is 6. The molecule has 0 bridgehead atoms. The summed E-state index contributed by atoms with van der Waals surface area (Å²) in [7, 11) is 0. The minimum atomic E-state index is -0.506. The van der Waals surface area contributed by atoms with Crippen LogP contribution in [0.15, 0.2) is 47.4 Å². The first-order chi connectivity index (χ1) is 14.5. The van der Waals surface area contributed by atoms with Crippen molar-refractivity contribution in [3.8, 4) is 0 Å². The fraction of sp³-hybridized carbons (Fsp3) is 0.227. The van der Waals surface area contributed by atoms with Crippen LogP contribution in [0.1, 0.15) is 27.9 Å². The topological polar surface area (TPSA) is 100 Å². The van der Waals surface area contributed by atoms with E-state index in [1.807, 2.05) is 6.07 Å².